The summed E-state index contributed by atoms with van der Waals surface area (Å²) in [6.07, 6.45) is 1.56. The maximum Gasteiger partial charge on any atom is 0.227 e. The van der Waals surface area contributed by atoms with Crippen LogP contribution in [0, 0.1) is 11.7 Å². The highest BCUT2D eigenvalue weighted by Crippen LogP contribution is 2.21. The van der Waals surface area contributed by atoms with Gasteiger partial charge >= 0.3 is 0 Å². The zero-order valence-electron chi connectivity index (χ0n) is 13.4. The van der Waals surface area contributed by atoms with Crippen molar-refractivity contribution in [2.24, 2.45) is 5.92 Å². The predicted octanol–water partition coefficient (Wildman–Crippen LogP) is 2.76. The lowest BCUT2D eigenvalue weighted by Crippen LogP contribution is -2.37. The molecule has 0 aliphatic carbocycles. The zero-order valence-corrected chi connectivity index (χ0v) is 13.4. The molecule has 3 rings (SSSR count). The Bertz CT molecular complexity index is 676. The molecule has 1 aliphatic rings. The molecule has 1 amide bonds. The Morgan fingerprint density at radius 3 is 2.46 bits per heavy atom. The van der Waals surface area contributed by atoms with Crippen molar-refractivity contribution in [3.8, 4) is 0 Å². The van der Waals surface area contributed by atoms with Gasteiger partial charge in [-0.3, -0.25) is 9.69 Å². The van der Waals surface area contributed by atoms with E-state index in [1.54, 1.807) is 18.2 Å². The first-order chi connectivity index (χ1) is 11.6. The van der Waals surface area contributed by atoms with Gasteiger partial charge in [-0.25, -0.2) is 4.39 Å². The van der Waals surface area contributed by atoms with E-state index in [0.29, 0.717) is 18.0 Å². The quantitative estimate of drug-likeness (QED) is 0.884. The van der Waals surface area contributed by atoms with E-state index in [-0.39, 0.29) is 24.2 Å². The molecule has 1 fully saturated rings. The first-order valence-corrected chi connectivity index (χ1v) is 8.11. The summed E-state index contributed by atoms with van der Waals surface area (Å²) in [5.41, 5.74) is 0.621. The molecule has 0 radical (unpaired) electrons. The van der Waals surface area contributed by atoms with E-state index in [1.165, 1.54) is 12.1 Å². The number of nitrogens with zero attached hydrogens (tertiary/aromatic N) is 1. The van der Waals surface area contributed by atoms with E-state index in [2.05, 4.69) is 10.2 Å². The fraction of sp³-hybridized carbons (Fsp3) is 0.389. The molecule has 128 valence electrons. The first kappa shape index (κ1) is 16.7. The average Bonchev–Trinajstić information content (AvgIpc) is 3.05. The summed E-state index contributed by atoms with van der Waals surface area (Å²) in [7, 11) is 0. The minimum Gasteiger partial charge on any atom is -0.462 e. The summed E-state index contributed by atoms with van der Waals surface area (Å²) in [5, 5.41) is 11.9. The number of hydrogen-bond acceptors (Lipinski definition) is 4. The SMILES string of the molecule is O=C(Nc1ccc(F)cc1)C1CCN(Cc2ccc(CO)o2)CC1. The van der Waals surface area contributed by atoms with Gasteiger partial charge in [0, 0.05) is 11.6 Å². The monoisotopic (exact) mass is 332 g/mol. The molecule has 0 bridgehead atoms. The van der Waals surface area contributed by atoms with Crippen molar-refractivity contribution in [1.29, 1.82) is 0 Å². The molecule has 1 aromatic carbocycles. The molecule has 5 nitrogen and oxygen atoms in total. The number of carbonyl (C=O) groups is 1. The third kappa shape index (κ3) is 4.21. The lowest BCUT2D eigenvalue weighted by molar-refractivity contribution is -0.121. The van der Waals surface area contributed by atoms with Crippen molar-refractivity contribution in [1.82, 2.24) is 4.90 Å². The van der Waals surface area contributed by atoms with Gasteiger partial charge in [0.25, 0.3) is 0 Å². The van der Waals surface area contributed by atoms with Crippen LogP contribution >= 0.6 is 0 Å². The van der Waals surface area contributed by atoms with Crippen LogP contribution in [0.25, 0.3) is 0 Å². The number of aliphatic hydroxyl groups is 1. The molecule has 0 spiro atoms. The summed E-state index contributed by atoms with van der Waals surface area (Å²) in [6, 6.07) is 9.46. The van der Waals surface area contributed by atoms with Crippen molar-refractivity contribution < 1.29 is 18.7 Å². The van der Waals surface area contributed by atoms with Gasteiger partial charge in [-0.2, -0.15) is 0 Å². The Morgan fingerprint density at radius 2 is 1.83 bits per heavy atom. The van der Waals surface area contributed by atoms with Gasteiger partial charge in [0.2, 0.25) is 5.91 Å². The molecule has 0 unspecified atom stereocenters. The second-order valence-corrected chi connectivity index (χ2v) is 6.07. The van der Waals surface area contributed by atoms with Crippen molar-refractivity contribution in [2.75, 3.05) is 18.4 Å². The Hall–Kier alpha value is -2.18. The highest BCUT2D eigenvalue weighted by atomic mass is 19.1. The number of carbonyl (C=O) groups excluding carboxylic acids is 1. The number of rotatable bonds is 5. The smallest absolute Gasteiger partial charge is 0.227 e. The summed E-state index contributed by atoms with van der Waals surface area (Å²) in [5.74, 6) is 1.04. The van der Waals surface area contributed by atoms with E-state index < -0.39 is 0 Å². The Kier molecular flexibility index (Phi) is 5.27. The number of likely N-dealkylation sites (tertiary alicyclic amines) is 1. The van der Waals surface area contributed by atoms with E-state index in [0.717, 1.165) is 31.7 Å². The maximum absolute atomic E-state index is 12.9. The third-order valence-corrected chi connectivity index (χ3v) is 4.32. The fourth-order valence-electron chi connectivity index (χ4n) is 2.94. The number of amides is 1. The minimum absolute atomic E-state index is 0.0122. The standard InChI is InChI=1S/C18H21FN2O3/c19-14-1-3-15(4-2-14)20-18(23)13-7-9-21(10-8-13)11-16-5-6-17(12-22)24-16/h1-6,13,22H,7-12H2,(H,20,23). The third-order valence-electron chi connectivity index (χ3n) is 4.32. The largest absolute Gasteiger partial charge is 0.462 e. The van der Waals surface area contributed by atoms with Gasteiger partial charge in [0.05, 0.1) is 6.54 Å². The highest BCUT2D eigenvalue weighted by Gasteiger charge is 2.25. The van der Waals surface area contributed by atoms with Crippen molar-refractivity contribution in [3.05, 3.63) is 53.7 Å². The number of piperidine rings is 1. The number of halogens is 1. The van der Waals surface area contributed by atoms with Crippen molar-refractivity contribution in [3.63, 3.8) is 0 Å². The molecule has 6 heteroatoms. The number of anilines is 1. The van der Waals surface area contributed by atoms with Crippen LogP contribution in [-0.4, -0.2) is 29.0 Å². The fourth-order valence-corrected chi connectivity index (χ4v) is 2.94. The Morgan fingerprint density at radius 1 is 1.17 bits per heavy atom. The van der Waals surface area contributed by atoms with Crippen LogP contribution in [0.1, 0.15) is 24.4 Å². The average molecular weight is 332 g/mol. The van der Waals surface area contributed by atoms with Crippen LogP contribution < -0.4 is 5.32 Å². The number of hydrogen-bond donors (Lipinski definition) is 2. The lowest BCUT2D eigenvalue weighted by Gasteiger charge is -2.30. The summed E-state index contributed by atoms with van der Waals surface area (Å²) >= 11 is 0. The van der Waals surface area contributed by atoms with Crippen LogP contribution in [0.5, 0.6) is 0 Å². The number of benzene rings is 1. The molecule has 0 atom stereocenters. The summed E-state index contributed by atoms with van der Waals surface area (Å²) in [6.45, 7) is 2.23. The second kappa shape index (κ2) is 7.59. The molecular formula is C18H21FN2O3. The van der Waals surface area contributed by atoms with Gasteiger partial charge in [-0.1, -0.05) is 0 Å². The molecular weight excluding hydrogens is 311 g/mol. The van der Waals surface area contributed by atoms with Gasteiger partial charge in [0.1, 0.15) is 23.9 Å². The topological polar surface area (TPSA) is 65.7 Å². The molecule has 2 aromatic rings. The minimum atomic E-state index is -0.316. The maximum atomic E-state index is 12.9. The van der Waals surface area contributed by atoms with Crippen LogP contribution in [-0.2, 0) is 17.9 Å². The van der Waals surface area contributed by atoms with Gasteiger partial charge in [-0.15, -0.1) is 0 Å². The number of aliphatic hydroxyl groups excluding tert-OH is 1. The van der Waals surface area contributed by atoms with E-state index in [9.17, 15) is 9.18 Å². The van der Waals surface area contributed by atoms with Crippen LogP contribution in [0.2, 0.25) is 0 Å². The van der Waals surface area contributed by atoms with E-state index in [1.807, 2.05) is 6.07 Å². The second-order valence-electron chi connectivity index (χ2n) is 6.07. The van der Waals surface area contributed by atoms with Crippen LogP contribution in [0.4, 0.5) is 10.1 Å². The van der Waals surface area contributed by atoms with Gasteiger partial charge in [-0.05, 0) is 62.3 Å². The normalized spacial score (nSPS) is 16.2. The molecule has 2 heterocycles. The molecule has 1 aliphatic heterocycles. The van der Waals surface area contributed by atoms with Crippen molar-refractivity contribution >= 4 is 11.6 Å². The van der Waals surface area contributed by atoms with E-state index >= 15 is 0 Å². The zero-order chi connectivity index (χ0) is 16.9. The van der Waals surface area contributed by atoms with Crippen LogP contribution in [0.3, 0.4) is 0 Å². The molecule has 1 aromatic heterocycles. The lowest BCUT2D eigenvalue weighted by atomic mass is 9.95. The summed E-state index contributed by atoms with van der Waals surface area (Å²) < 4.78 is 18.4. The molecule has 2 N–H and O–H groups in total. The number of furan rings is 1. The van der Waals surface area contributed by atoms with Crippen LogP contribution in [0.15, 0.2) is 40.8 Å². The summed E-state index contributed by atoms with van der Waals surface area (Å²) in [4.78, 5) is 14.5. The molecule has 0 saturated carbocycles. The van der Waals surface area contributed by atoms with Gasteiger partial charge < -0.3 is 14.8 Å². The van der Waals surface area contributed by atoms with E-state index in [4.69, 9.17) is 9.52 Å². The predicted molar refractivity (Wildman–Crippen MR) is 87.7 cm³/mol. The first-order valence-electron chi connectivity index (χ1n) is 8.11. The van der Waals surface area contributed by atoms with Crippen molar-refractivity contribution in [2.45, 2.75) is 26.0 Å². The molecule has 1 saturated heterocycles. The Balaban J connectivity index is 1.47. The highest BCUT2D eigenvalue weighted by molar-refractivity contribution is 5.92. The molecule has 24 heavy (non-hydrogen) atoms. The Labute approximate surface area is 140 Å². The van der Waals surface area contributed by atoms with Gasteiger partial charge in [0.15, 0.2) is 0 Å². The number of nitrogens with one attached hydrogen (secondary N) is 1.